The summed E-state index contributed by atoms with van der Waals surface area (Å²) >= 11 is 0. The Morgan fingerprint density at radius 3 is 1.86 bits per heavy atom. The van der Waals surface area contributed by atoms with E-state index in [1.165, 1.54) is 0 Å². The normalized spacial score (nSPS) is 11.9. The minimum atomic E-state index is -3.36. The van der Waals surface area contributed by atoms with E-state index < -0.39 is 13.5 Å². The van der Waals surface area contributed by atoms with Crippen molar-refractivity contribution in [1.82, 2.24) is 0 Å². The van der Waals surface area contributed by atoms with Crippen LogP contribution in [0, 0.1) is 0 Å². The maximum absolute atomic E-state index is 14.0. The zero-order chi connectivity index (χ0) is 25.4. The Labute approximate surface area is 211 Å². The van der Waals surface area contributed by atoms with Gasteiger partial charge in [0.05, 0.1) is 29.7 Å². The van der Waals surface area contributed by atoms with Crippen LogP contribution >= 0.6 is 7.37 Å². The van der Waals surface area contributed by atoms with Crippen LogP contribution in [0.2, 0.25) is 0 Å². The number of aliphatic hydroxyl groups excluding tert-OH is 1. The van der Waals surface area contributed by atoms with Gasteiger partial charge >= 0.3 is 7.37 Å². The molecule has 0 aliphatic heterocycles. The monoisotopic (exact) mass is 501 g/mol. The standard InChI is InChI=1S/C29H28NO5P/c1-22(31)23-12-16-25(17-13-23)34-21-20-29(32)30-24-14-18-26(19-15-24)35-36(33,27-8-4-2-5-9-27)28-10-6-3-7-11-28/h2-19,22,31H,20-21H2,1H3,(H,30,32). The van der Waals surface area contributed by atoms with Gasteiger partial charge in [0.15, 0.2) is 0 Å². The zero-order valence-electron chi connectivity index (χ0n) is 19.9. The Balaban J connectivity index is 1.35. The minimum absolute atomic E-state index is 0.174. The van der Waals surface area contributed by atoms with Crippen molar-refractivity contribution in [2.75, 3.05) is 11.9 Å². The van der Waals surface area contributed by atoms with Gasteiger partial charge in [-0.1, -0.05) is 48.5 Å². The zero-order valence-corrected chi connectivity index (χ0v) is 20.8. The van der Waals surface area contributed by atoms with E-state index in [2.05, 4.69) is 5.32 Å². The van der Waals surface area contributed by atoms with E-state index in [9.17, 15) is 14.5 Å². The Hall–Kier alpha value is -3.86. The van der Waals surface area contributed by atoms with Crippen LogP contribution in [0.1, 0.15) is 25.0 Å². The first-order valence-electron chi connectivity index (χ1n) is 11.7. The van der Waals surface area contributed by atoms with Crippen molar-refractivity contribution in [2.45, 2.75) is 19.4 Å². The molecule has 4 aromatic carbocycles. The van der Waals surface area contributed by atoms with Crippen LogP contribution in [0.4, 0.5) is 5.69 Å². The van der Waals surface area contributed by atoms with Crippen LogP contribution in [0.25, 0.3) is 0 Å². The molecule has 1 atom stereocenters. The molecule has 2 N–H and O–H groups in total. The molecule has 4 rings (SSSR count). The fourth-order valence-corrected chi connectivity index (χ4v) is 5.64. The van der Waals surface area contributed by atoms with E-state index in [1.54, 1.807) is 79.7 Å². The third-order valence-corrected chi connectivity index (χ3v) is 7.95. The van der Waals surface area contributed by atoms with E-state index in [1.807, 2.05) is 36.4 Å². The number of ether oxygens (including phenoxy) is 1. The van der Waals surface area contributed by atoms with Gasteiger partial charge < -0.3 is 19.7 Å². The largest absolute Gasteiger partial charge is 0.493 e. The lowest BCUT2D eigenvalue weighted by molar-refractivity contribution is -0.116. The summed E-state index contributed by atoms with van der Waals surface area (Å²) in [5, 5.41) is 13.6. The van der Waals surface area contributed by atoms with Crippen molar-refractivity contribution in [3.8, 4) is 11.5 Å². The van der Waals surface area contributed by atoms with E-state index in [-0.39, 0.29) is 18.9 Å². The number of amides is 1. The topological polar surface area (TPSA) is 84.9 Å². The summed E-state index contributed by atoms with van der Waals surface area (Å²) in [5.41, 5.74) is 1.40. The van der Waals surface area contributed by atoms with Gasteiger partial charge in [0, 0.05) is 5.69 Å². The predicted octanol–water partition coefficient (Wildman–Crippen LogP) is 5.46. The van der Waals surface area contributed by atoms with Crippen LogP contribution in [-0.2, 0) is 9.36 Å². The van der Waals surface area contributed by atoms with Gasteiger partial charge in [-0.25, -0.2) is 0 Å². The Morgan fingerprint density at radius 2 is 1.33 bits per heavy atom. The number of nitrogens with one attached hydrogen (secondary N) is 1. The average molecular weight is 502 g/mol. The lowest BCUT2D eigenvalue weighted by atomic mass is 10.1. The summed E-state index contributed by atoms with van der Waals surface area (Å²) < 4.78 is 25.7. The summed E-state index contributed by atoms with van der Waals surface area (Å²) in [7, 11) is -3.36. The number of carbonyl (C=O) groups is 1. The molecule has 0 saturated carbocycles. The smallest absolute Gasteiger partial charge is 0.306 e. The fourth-order valence-electron chi connectivity index (χ4n) is 3.58. The summed E-state index contributed by atoms with van der Waals surface area (Å²) in [6, 6.07) is 32.2. The fraction of sp³-hybridized carbons (Fsp3) is 0.138. The second-order valence-corrected chi connectivity index (χ2v) is 10.5. The number of carbonyl (C=O) groups excluding carboxylic acids is 1. The molecule has 0 heterocycles. The molecule has 6 nitrogen and oxygen atoms in total. The van der Waals surface area contributed by atoms with Crippen LogP contribution in [0.3, 0.4) is 0 Å². The molecule has 0 aliphatic rings. The van der Waals surface area contributed by atoms with E-state index >= 15 is 0 Å². The molecule has 184 valence electrons. The highest BCUT2D eigenvalue weighted by Crippen LogP contribution is 2.45. The molecule has 36 heavy (non-hydrogen) atoms. The number of hydrogen-bond acceptors (Lipinski definition) is 5. The van der Waals surface area contributed by atoms with Gasteiger partial charge in [0.2, 0.25) is 5.91 Å². The van der Waals surface area contributed by atoms with Crippen molar-refractivity contribution in [3.05, 3.63) is 115 Å². The number of benzene rings is 4. The SMILES string of the molecule is CC(O)c1ccc(OCCC(=O)Nc2ccc(OP(=O)(c3ccccc3)c3ccccc3)cc2)cc1. The molecule has 0 aromatic heterocycles. The molecule has 4 aromatic rings. The number of anilines is 1. The summed E-state index contributed by atoms with van der Waals surface area (Å²) in [6.45, 7) is 1.92. The molecular weight excluding hydrogens is 473 g/mol. The first-order chi connectivity index (χ1) is 17.4. The van der Waals surface area contributed by atoms with Crippen LogP contribution in [0.5, 0.6) is 11.5 Å². The molecule has 7 heteroatoms. The van der Waals surface area contributed by atoms with E-state index in [0.29, 0.717) is 27.8 Å². The number of aliphatic hydroxyl groups is 1. The van der Waals surface area contributed by atoms with Gasteiger partial charge in [0.25, 0.3) is 0 Å². The predicted molar refractivity (Wildman–Crippen MR) is 143 cm³/mol. The Morgan fingerprint density at radius 1 is 0.806 bits per heavy atom. The van der Waals surface area contributed by atoms with Gasteiger partial charge in [-0.05, 0) is 73.2 Å². The van der Waals surface area contributed by atoms with Crippen LogP contribution in [0.15, 0.2) is 109 Å². The van der Waals surface area contributed by atoms with E-state index in [0.717, 1.165) is 5.56 Å². The number of hydrogen-bond donors (Lipinski definition) is 2. The quantitative estimate of drug-likeness (QED) is 0.282. The third-order valence-electron chi connectivity index (χ3n) is 5.52. The van der Waals surface area contributed by atoms with Crippen molar-refractivity contribution in [1.29, 1.82) is 0 Å². The Kier molecular flexibility index (Phi) is 8.21. The first kappa shape index (κ1) is 25.2. The Bertz CT molecular complexity index is 1260. The van der Waals surface area contributed by atoms with Crippen LogP contribution in [-0.4, -0.2) is 17.6 Å². The van der Waals surface area contributed by atoms with Crippen LogP contribution < -0.4 is 25.2 Å². The first-order valence-corrected chi connectivity index (χ1v) is 13.3. The van der Waals surface area contributed by atoms with E-state index in [4.69, 9.17) is 9.26 Å². The molecule has 0 saturated heterocycles. The molecule has 0 aliphatic carbocycles. The maximum atomic E-state index is 14.0. The lowest BCUT2D eigenvalue weighted by Gasteiger charge is -2.20. The summed E-state index contributed by atoms with van der Waals surface area (Å²) in [4.78, 5) is 12.3. The summed E-state index contributed by atoms with van der Waals surface area (Å²) in [6.07, 6.45) is -0.363. The van der Waals surface area contributed by atoms with Crippen molar-refractivity contribution in [2.24, 2.45) is 0 Å². The van der Waals surface area contributed by atoms with Gasteiger partial charge in [0.1, 0.15) is 11.5 Å². The average Bonchev–Trinajstić information content (AvgIpc) is 2.91. The minimum Gasteiger partial charge on any atom is -0.493 e. The summed E-state index contributed by atoms with van der Waals surface area (Å²) in [5.74, 6) is 0.881. The molecule has 0 radical (unpaired) electrons. The molecule has 0 bridgehead atoms. The maximum Gasteiger partial charge on any atom is 0.306 e. The second kappa shape index (κ2) is 11.7. The van der Waals surface area contributed by atoms with Gasteiger partial charge in [-0.3, -0.25) is 9.36 Å². The second-order valence-electron chi connectivity index (χ2n) is 8.23. The highest BCUT2D eigenvalue weighted by atomic mass is 31.2. The molecule has 0 spiro atoms. The third kappa shape index (κ3) is 6.42. The van der Waals surface area contributed by atoms with Crippen molar-refractivity contribution >= 4 is 29.6 Å². The molecule has 1 amide bonds. The molecule has 1 unspecified atom stereocenters. The highest BCUT2D eigenvalue weighted by Gasteiger charge is 2.29. The lowest BCUT2D eigenvalue weighted by Crippen LogP contribution is -2.20. The molecule has 0 fully saturated rings. The van der Waals surface area contributed by atoms with Crippen molar-refractivity contribution < 1.29 is 23.7 Å². The van der Waals surface area contributed by atoms with Crippen molar-refractivity contribution in [3.63, 3.8) is 0 Å². The molecular formula is C29H28NO5P. The van der Waals surface area contributed by atoms with Gasteiger partial charge in [-0.2, -0.15) is 0 Å². The number of rotatable bonds is 10. The highest BCUT2D eigenvalue weighted by molar-refractivity contribution is 7.74. The van der Waals surface area contributed by atoms with Gasteiger partial charge in [-0.15, -0.1) is 0 Å².